The maximum Gasteiger partial charge on any atom is 0.256 e. The van der Waals surface area contributed by atoms with Gasteiger partial charge in [-0.2, -0.15) is 0 Å². The Balaban J connectivity index is 1.60. The van der Waals surface area contributed by atoms with Crippen molar-refractivity contribution in [1.82, 2.24) is 4.57 Å². The van der Waals surface area contributed by atoms with Crippen LogP contribution in [-0.2, 0) is 19.5 Å². The van der Waals surface area contributed by atoms with Gasteiger partial charge in [0.15, 0.2) is 0 Å². The van der Waals surface area contributed by atoms with Crippen LogP contribution in [-0.4, -0.2) is 4.57 Å². The van der Waals surface area contributed by atoms with E-state index in [4.69, 9.17) is 0 Å². The molecule has 1 aromatic heterocycles. The molecule has 0 unspecified atom stereocenters. The highest BCUT2D eigenvalue weighted by atomic mass is 15.1. The van der Waals surface area contributed by atoms with E-state index in [9.17, 15) is 0 Å². The fourth-order valence-corrected chi connectivity index (χ4v) is 4.92. The zero-order valence-electron chi connectivity index (χ0n) is 22.1. The number of rotatable bonds is 21. The van der Waals surface area contributed by atoms with E-state index in [0.29, 0.717) is 0 Å². The molecule has 2 heteroatoms. The molecule has 0 atom stereocenters. The van der Waals surface area contributed by atoms with E-state index in [1.807, 2.05) is 0 Å². The minimum absolute atomic E-state index is 0.994. The fourth-order valence-electron chi connectivity index (χ4n) is 4.92. The molecule has 1 aromatic carbocycles. The van der Waals surface area contributed by atoms with Gasteiger partial charge < -0.3 is 0 Å². The smallest absolute Gasteiger partial charge is 0.234 e. The van der Waals surface area contributed by atoms with Crippen molar-refractivity contribution in [3.05, 3.63) is 54.1 Å². The molecule has 0 saturated heterocycles. The average molecular weight is 454 g/mol. The molecular formula is C31H53N2+. The molecular weight excluding hydrogens is 400 g/mol. The van der Waals surface area contributed by atoms with Crippen molar-refractivity contribution in [2.75, 3.05) is 0 Å². The van der Waals surface area contributed by atoms with Gasteiger partial charge in [-0.1, -0.05) is 134 Å². The van der Waals surface area contributed by atoms with E-state index < -0.39 is 0 Å². The fraction of sp³-hybridized carbons (Fsp3) is 0.710. The van der Waals surface area contributed by atoms with Crippen LogP contribution in [0.3, 0.4) is 0 Å². The lowest BCUT2D eigenvalue weighted by atomic mass is 10.0. The van der Waals surface area contributed by atoms with Crippen LogP contribution < -0.4 is 4.57 Å². The summed E-state index contributed by atoms with van der Waals surface area (Å²) in [6, 6.07) is 10.9. The highest BCUT2D eigenvalue weighted by Gasteiger charge is 2.16. The Morgan fingerprint density at radius 3 is 1.70 bits per heavy atom. The quantitative estimate of drug-likeness (QED) is 0.132. The molecule has 2 nitrogen and oxygen atoms in total. The molecule has 1 heterocycles. The number of hydrogen-bond donors (Lipinski definition) is 0. The second-order valence-electron chi connectivity index (χ2n) is 10.1. The topological polar surface area (TPSA) is 8.81 Å². The van der Waals surface area contributed by atoms with Crippen LogP contribution in [0.25, 0.3) is 0 Å². The number of nitrogens with zero attached hydrogens (tertiary/aromatic N) is 2. The molecule has 0 aliphatic rings. The van der Waals surface area contributed by atoms with Gasteiger partial charge in [0.1, 0.15) is 18.9 Å². The van der Waals surface area contributed by atoms with Crippen LogP contribution >= 0.6 is 0 Å². The van der Waals surface area contributed by atoms with Crippen LogP contribution in [0.5, 0.6) is 0 Å². The van der Waals surface area contributed by atoms with E-state index in [2.05, 4.69) is 65.7 Å². The number of aromatic nitrogens is 2. The molecule has 0 radical (unpaired) electrons. The highest BCUT2D eigenvalue weighted by molar-refractivity contribution is 5.15. The highest BCUT2D eigenvalue weighted by Crippen LogP contribution is 2.13. The minimum Gasteiger partial charge on any atom is -0.234 e. The summed E-state index contributed by atoms with van der Waals surface area (Å²) in [4.78, 5) is 0. The zero-order valence-corrected chi connectivity index (χ0v) is 22.1. The Kier molecular flexibility index (Phi) is 15.8. The summed E-state index contributed by atoms with van der Waals surface area (Å²) in [6.07, 6.45) is 29.7. The van der Waals surface area contributed by atoms with Gasteiger partial charge in [0.05, 0.1) is 6.54 Å². The average Bonchev–Trinajstić information content (AvgIpc) is 3.21. The van der Waals surface area contributed by atoms with Crippen molar-refractivity contribution in [3.63, 3.8) is 0 Å². The summed E-state index contributed by atoms with van der Waals surface area (Å²) < 4.78 is 5.02. The minimum atomic E-state index is 0.994. The van der Waals surface area contributed by atoms with Crippen molar-refractivity contribution in [1.29, 1.82) is 0 Å². The predicted octanol–water partition coefficient (Wildman–Crippen LogP) is 9.04. The van der Waals surface area contributed by atoms with Gasteiger partial charge >= 0.3 is 0 Å². The van der Waals surface area contributed by atoms with E-state index in [1.165, 1.54) is 134 Å². The van der Waals surface area contributed by atoms with Crippen molar-refractivity contribution in [2.45, 2.75) is 143 Å². The maximum absolute atomic E-state index is 2.54. The second-order valence-corrected chi connectivity index (χ2v) is 10.1. The Morgan fingerprint density at radius 2 is 1.12 bits per heavy atom. The number of unbranched alkanes of at least 4 members (excludes halogenated alkanes) is 15. The number of benzene rings is 1. The molecule has 0 aliphatic heterocycles. The zero-order chi connectivity index (χ0) is 23.4. The molecule has 186 valence electrons. The van der Waals surface area contributed by atoms with E-state index >= 15 is 0 Å². The van der Waals surface area contributed by atoms with Gasteiger partial charge in [0, 0.05) is 6.42 Å². The summed E-state index contributed by atoms with van der Waals surface area (Å²) in [5.41, 5.74) is 1.40. The summed E-state index contributed by atoms with van der Waals surface area (Å²) >= 11 is 0. The third-order valence-electron chi connectivity index (χ3n) is 7.04. The number of aryl methyl sites for hydroxylation is 1. The Morgan fingerprint density at radius 1 is 0.606 bits per heavy atom. The van der Waals surface area contributed by atoms with Gasteiger partial charge in [-0.05, 0) is 24.8 Å². The summed E-state index contributed by atoms with van der Waals surface area (Å²) in [7, 11) is 0. The largest absolute Gasteiger partial charge is 0.256 e. The monoisotopic (exact) mass is 453 g/mol. The number of hydrogen-bond acceptors (Lipinski definition) is 0. The van der Waals surface area contributed by atoms with E-state index in [0.717, 1.165) is 6.54 Å². The predicted molar refractivity (Wildman–Crippen MR) is 144 cm³/mol. The normalized spacial score (nSPS) is 11.3. The van der Waals surface area contributed by atoms with E-state index in [1.54, 1.807) is 0 Å². The van der Waals surface area contributed by atoms with Gasteiger partial charge in [-0.25, -0.2) is 9.13 Å². The third kappa shape index (κ3) is 12.5. The Bertz CT molecular complexity index is 688. The van der Waals surface area contributed by atoms with Gasteiger partial charge in [-0.3, -0.25) is 0 Å². The molecule has 33 heavy (non-hydrogen) atoms. The first kappa shape index (κ1) is 27.7. The molecule has 0 amide bonds. The lowest BCUT2D eigenvalue weighted by Crippen LogP contribution is -2.37. The van der Waals surface area contributed by atoms with Crippen molar-refractivity contribution < 1.29 is 4.57 Å². The van der Waals surface area contributed by atoms with Crippen LogP contribution in [0, 0.1) is 0 Å². The van der Waals surface area contributed by atoms with Gasteiger partial charge in [0.2, 0.25) is 0 Å². The first-order valence-electron chi connectivity index (χ1n) is 14.5. The Labute approximate surface area is 205 Å². The first-order valence-corrected chi connectivity index (χ1v) is 14.5. The van der Waals surface area contributed by atoms with Crippen LogP contribution in [0.1, 0.15) is 134 Å². The first-order chi connectivity index (χ1) is 16.3. The molecule has 0 aliphatic carbocycles. The number of imidazole rings is 1. The van der Waals surface area contributed by atoms with Crippen molar-refractivity contribution in [2.24, 2.45) is 0 Å². The lowest BCUT2D eigenvalue weighted by molar-refractivity contribution is -0.704. The molecule has 0 saturated carbocycles. The van der Waals surface area contributed by atoms with Crippen LogP contribution in [0.2, 0.25) is 0 Å². The standard InChI is InChI=1S/C31H53N2/c1-3-5-7-8-9-10-11-12-13-14-15-16-17-22-26-32-27-28-33(31(32)25-19-6-4-2)29-30-23-20-18-21-24-30/h18,20-21,23-24,27-28H,3-17,19,22,25-26,29H2,1-2H3/q+1. The Hall–Kier alpha value is -1.57. The van der Waals surface area contributed by atoms with Gasteiger partial charge in [-0.15, -0.1) is 0 Å². The van der Waals surface area contributed by atoms with Crippen LogP contribution in [0.4, 0.5) is 0 Å². The SMILES string of the molecule is CCCCCCCCCCCCCCCC[n+]1ccn(Cc2ccccc2)c1CCCCC. The van der Waals surface area contributed by atoms with E-state index in [-0.39, 0.29) is 0 Å². The molecule has 0 fully saturated rings. The molecule has 2 rings (SSSR count). The van der Waals surface area contributed by atoms with Crippen LogP contribution in [0.15, 0.2) is 42.7 Å². The summed E-state index contributed by atoms with van der Waals surface area (Å²) in [6.45, 7) is 6.77. The molecule has 2 aromatic rings. The lowest BCUT2D eigenvalue weighted by Gasteiger charge is -2.06. The summed E-state index contributed by atoms with van der Waals surface area (Å²) in [5.74, 6) is 1.52. The maximum atomic E-state index is 2.54. The van der Waals surface area contributed by atoms with Crippen molar-refractivity contribution in [3.8, 4) is 0 Å². The third-order valence-corrected chi connectivity index (χ3v) is 7.04. The summed E-state index contributed by atoms with van der Waals surface area (Å²) in [5, 5.41) is 0. The molecule has 0 bridgehead atoms. The molecule has 0 spiro atoms. The molecule has 0 N–H and O–H groups in total. The van der Waals surface area contributed by atoms with Crippen molar-refractivity contribution >= 4 is 0 Å². The van der Waals surface area contributed by atoms with Gasteiger partial charge in [0.25, 0.3) is 5.82 Å². The second kappa shape index (κ2) is 18.8.